The van der Waals surface area contributed by atoms with Crippen LogP contribution >= 0.6 is 0 Å². The zero-order valence-electron chi connectivity index (χ0n) is 15.2. The summed E-state index contributed by atoms with van der Waals surface area (Å²) in [6.45, 7) is 2.05. The normalized spacial score (nSPS) is 18.1. The third-order valence-corrected chi connectivity index (χ3v) is 5.47. The molecule has 1 N–H and O–H groups in total. The van der Waals surface area contributed by atoms with Gasteiger partial charge in [0.05, 0.1) is 16.9 Å². The highest BCUT2D eigenvalue weighted by atomic mass is 16.5. The van der Waals surface area contributed by atoms with E-state index in [-0.39, 0.29) is 18.0 Å². The first-order chi connectivity index (χ1) is 13.0. The molecule has 3 heterocycles. The van der Waals surface area contributed by atoms with Crippen LogP contribution in [-0.4, -0.2) is 35.4 Å². The van der Waals surface area contributed by atoms with E-state index >= 15 is 0 Å². The summed E-state index contributed by atoms with van der Waals surface area (Å²) >= 11 is 0. The second-order valence-electron chi connectivity index (χ2n) is 7.07. The molecule has 1 atom stereocenters. The summed E-state index contributed by atoms with van der Waals surface area (Å²) in [6, 6.07) is 13.3. The SMILES string of the molecule is CC(=O)Oc1ccc2[nH]c3c(c2c1)CCN1C(=O)c2ccccc2N(C)[C@H]31. The summed E-state index contributed by atoms with van der Waals surface area (Å²) in [5.41, 5.74) is 4.88. The van der Waals surface area contributed by atoms with E-state index < -0.39 is 0 Å². The number of carbonyl (C=O) groups is 2. The van der Waals surface area contributed by atoms with Gasteiger partial charge in [0, 0.05) is 31.4 Å². The van der Waals surface area contributed by atoms with Gasteiger partial charge >= 0.3 is 5.97 Å². The molecule has 0 bridgehead atoms. The molecular weight excluding hydrogens is 342 g/mol. The van der Waals surface area contributed by atoms with Gasteiger partial charge in [0.1, 0.15) is 11.9 Å². The largest absolute Gasteiger partial charge is 0.427 e. The summed E-state index contributed by atoms with van der Waals surface area (Å²) in [7, 11) is 2.02. The smallest absolute Gasteiger partial charge is 0.308 e. The summed E-state index contributed by atoms with van der Waals surface area (Å²) in [4.78, 5) is 31.9. The van der Waals surface area contributed by atoms with Crippen LogP contribution in [0.1, 0.15) is 34.7 Å². The Morgan fingerprint density at radius 3 is 2.85 bits per heavy atom. The first-order valence-corrected chi connectivity index (χ1v) is 9.00. The number of hydrogen-bond acceptors (Lipinski definition) is 4. The van der Waals surface area contributed by atoms with Gasteiger partial charge in [-0.15, -0.1) is 0 Å². The van der Waals surface area contributed by atoms with E-state index in [1.807, 2.05) is 48.3 Å². The molecule has 0 spiro atoms. The third-order valence-electron chi connectivity index (χ3n) is 5.47. The highest BCUT2D eigenvalue weighted by Gasteiger charge is 2.41. The van der Waals surface area contributed by atoms with Crippen LogP contribution in [0.15, 0.2) is 42.5 Å². The van der Waals surface area contributed by atoms with Crippen molar-refractivity contribution < 1.29 is 14.3 Å². The van der Waals surface area contributed by atoms with Gasteiger partial charge in [-0.3, -0.25) is 9.59 Å². The molecule has 136 valence electrons. The number of anilines is 1. The molecule has 5 rings (SSSR count). The molecule has 0 saturated heterocycles. The van der Waals surface area contributed by atoms with Gasteiger partial charge in [-0.05, 0) is 42.3 Å². The van der Waals surface area contributed by atoms with Crippen molar-refractivity contribution in [1.29, 1.82) is 0 Å². The minimum absolute atomic E-state index is 0.0682. The maximum absolute atomic E-state index is 13.0. The molecule has 0 unspecified atom stereocenters. The number of carbonyl (C=O) groups excluding carboxylic acids is 2. The lowest BCUT2D eigenvalue weighted by atomic mass is 9.96. The molecule has 3 aromatic rings. The Kier molecular flexibility index (Phi) is 3.31. The minimum atomic E-state index is -0.334. The molecule has 0 fully saturated rings. The van der Waals surface area contributed by atoms with Crippen LogP contribution in [0.2, 0.25) is 0 Å². The standard InChI is InChI=1S/C21H19N3O3/c1-12(25)27-13-7-8-17-16(11-13)14-9-10-24-20(19(14)22-17)23(2)18-6-4-3-5-15(18)21(24)26/h3-8,11,20,22H,9-10H2,1-2H3/t20-/m0/s1. The van der Waals surface area contributed by atoms with Crippen molar-refractivity contribution in [1.82, 2.24) is 9.88 Å². The molecule has 0 saturated carbocycles. The van der Waals surface area contributed by atoms with Gasteiger partial charge < -0.3 is 19.5 Å². The number of rotatable bonds is 1. The number of nitrogens with zero attached hydrogens (tertiary/aromatic N) is 2. The van der Waals surface area contributed by atoms with Crippen molar-refractivity contribution in [3.63, 3.8) is 0 Å². The van der Waals surface area contributed by atoms with Crippen molar-refractivity contribution in [2.45, 2.75) is 19.5 Å². The van der Waals surface area contributed by atoms with Crippen LogP contribution in [0.25, 0.3) is 10.9 Å². The number of aromatic nitrogens is 1. The second-order valence-corrected chi connectivity index (χ2v) is 7.07. The Bertz CT molecular complexity index is 1100. The van der Waals surface area contributed by atoms with Crippen LogP contribution in [0.3, 0.4) is 0 Å². The van der Waals surface area contributed by atoms with Crippen LogP contribution in [0, 0.1) is 0 Å². The monoisotopic (exact) mass is 361 g/mol. The summed E-state index contributed by atoms with van der Waals surface area (Å²) in [5, 5.41) is 1.04. The molecule has 27 heavy (non-hydrogen) atoms. The van der Waals surface area contributed by atoms with Crippen LogP contribution in [0.4, 0.5) is 5.69 Å². The van der Waals surface area contributed by atoms with Gasteiger partial charge in [-0.2, -0.15) is 0 Å². The maximum Gasteiger partial charge on any atom is 0.308 e. The van der Waals surface area contributed by atoms with Crippen molar-refractivity contribution in [2.75, 3.05) is 18.5 Å². The number of para-hydroxylation sites is 1. The lowest BCUT2D eigenvalue weighted by molar-refractivity contribution is -0.131. The number of benzene rings is 2. The Morgan fingerprint density at radius 2 is 2.04 bits per heavy atom. The number of amides is 1. The first-order valence-electron chi connectivity index (χ1n) is 9.00. The van der Waals surface area contributed by atoms with E-state index in [4.69, 9.17) is 4.74 Å². The van der Waals surface area contributed by atoms with Crippen molar-refractivity contribution in [3.8, 4) is 5.75 Å². The number of hydrogen-bond donors (Lipinski definition) is 1. The van der Waals surface area contributed by atoms with E-state index in [0.29, 0.717) is 12.3 Å². The highest BCUT2D eigenvalue weighted by Crippen LogP contribution is 2.43. The van der Waals surface area contributed by atoms with Gasteiger partial charge in [-0.1, -0.05) is 12.1 Å². The lowest BCUT2D eigenvalue weighted by Crippen LogP contribution is -2.51. The van der Waals surface area contributed by atoms with Gasteiger partial charge in [0.15, 0.2) is 0 Å². The van der Waals surface area contributed by atoms with E-state index in [1.54, 1.807) is 6.07 Å². The fourth-order valence-electron chi connectivity index (χ4n) is 4.34. The van der Waals surface area contributed by atoms with Gasteiger partial charge in [-0.25, -0.2) is 0 Å². The average molecular weight is 361 g/mol. The number of nitrogens with one attached hydrogen (secondary N) is 1. The van der Waals surface area contributed by atoms with E-state index in [1.165, 1.54) is 12.5 Å². The number of esters is 1. The molecule has 2 aliphatic heterocycles. The molecule has 1 amide bonds. The Labute approximate surface area is 156 Å². The van der Waals surface area contributed by atoms with Crippen LogP contribution in [-0.2, 0) is 11.2 Å². The predicted octanol–water partition coefficient (Wildman–Crippen LogP) is 3.24. The highest BCUT2D eigenvalue weighted by molar-refractivity contribution is 6.02. The Morgan fingerprint density at radius 1 is 1.22 bits per heavy atom. The summed E-state index contributed by atoms with van der Waals surface area (Å²) < 4.78 is 5.25. The van der Waals surface area contributed by atoms with E-state index in [2.05, 4.69) is 9.88 Å². The maximum atomic E-state index is 13.0. The number of H-pyrrole nitrogens is 1. The predicted molar refractivity (Wildman–Crippen MR) is 102 cm³/mol. The quantitative estimate of drug-likeness (QED) is 0.534. The summed E-state index contributed by atoms with van der Waals surface area (Å²) in [5.74, 6) is 0.274. The fraction of sp³-hybridized carbons (Fsp3) is 0.238. The molecule has 6 heteroatoms. The third kappa shape index (κ3) is 2.26. The zero-order valence-corrected chi connectivity index (χ0v) is 15.2. The molecule has 6 nitrogen and oxygen atoms in total. The second kappa shape index (κ2) is 5.61. The zero-order chi connectivity index (χ0) is 18.7. The van der Waals surface area contributed by atoms with Crippen molar-refractivity contribution in [2.24, 2.45) is 0 Å². The lowest BCUT2D eigenvalue weighted by Gasteiger charge is -2.46. The van der Waals surface area contributed by atoms with E-state index in [0.717, 1.165) is 34.3 Å². The topological polar surface area (TPSA) is 65.6 Å². The molecule has 0 aliphatic carbocycles. The van der Waals surface area contributed by atoms with E-state index in [9.17, 15) is 9.59 Å². The minimum Gasteiger partial charge on any atom is -0.427 e. The number of aromatic amines is 1. The van der Waals surface area contributed by atoms with Gasteiger partial charge in [0.2, 0.25) is 0 Å². The number of ether oxygens (including phenoxy) is 1. The summed E-state index contributed by atoms with van der Waals surface area (Å²) in [6.07, 6.45) is 0.595. The Balaban J connectivity index is 1.66. The molecular formula is C21H19N3O3. The van der Waals surface area contributed by atoms with Gasteiger partial charge in [0.25, 0.3) is 5.91 Å². The molecule has 2 aliphatic rings. The van der Waals surface area contributed by atoms with Crippen LogP contribution < -0.4 is 9.64 Å². The molecule has 0 radical (unpaired) electrons. The van der Waals surface area contributed by atoms with Crippen molar-refractivity contribution in [3.05, 3.63) is 59.3 Å². The molecule has 1 aromatic heterocycles. The fourth-order valence-corrected chi connectivity index (χ4v) is 4.34. The van der Waals surface area contributed by atoms with Crippen molar-refractivity contribution >= 4 is 28.5 Å². The molecule has 2 aromatic carbocycles. The Hall–Kier alpha value is -3.28. The number of fused-ring (bicyclic) bond motifs is 6. The average Bonchev–Trinajstić information content (AvgIpc) is 3.03. The first kappa shape index (κ1) is 15.9. The van der Waals surface area contributed by atoms with Crippen LogP contribution in [0.5, 0.6) is 5.75 Å².